The summed E-state index contributed by atoms with van der Waals surface area (Å²) in [6.45, 7) is 0.340. The van der Waals surface area contributed by atoms with Crippen LogP contribution in [0, 0.1) is 0 Å². The molecule has 1 aliphatic rings. The molecule has 0 aromatic heterocycles. The highest BCUT2D eigenvalue weighted by atomic mass is 79.9. The van der Waals surface area contributed by atoms with Gasteiger partial charge in [-0.1, -0.05) is 58.5 Å². The number of rotatable bonds is 6. The van der Waals surface area contributed by atoms with Crippen LogP contribution in [0.5, 0.6) is 5.75 Å². The highest BCUT2D eigenvalue weighted by molar-refractivity contribution is 9.11. The second-order valence-corrected chi connectivity index (χ2v) is 11.7. The zero-order valence-electron chi connectivity index (χ0n) is 17.5. The molecule has 1 fully saturated rings. The molecule has 0 spiro atoms. The van der Waals surface area contributed by atoms with Gasteiger partial charge in [-0.25, -0.2) is 0 Å². The van der Waals surface area contributed by atoms with Crippen LogP contribution in [0.15, 0.2) is 62.4 Å². The summed E-state index contributed by atoms with van der Waals surface area (Å²) in [6, 6.07) is 13.8. The number of amides is 2. The molecule has 1 aliphatic heterocycles. The molecule has 0 radical (unpaired) electrons. The molecule has 2 amide bonds. The molecular formula is C24H13Br2Cl4NO3S. The van der Waals surface area contributed by atoms with E-state index >= 15 is 0 Å². The second kappa shape index (κ2) is 11.5. The minimum absolute atomic E-state index is 0.103. The Morgan fingerprint density at radius 2 is 1.60 bits per heavy atom. The minimum Gasteiger partial charge on any atom is -0.486 e. The van der Waals surface area contributed by atoms with Crippen molar-refractivity contribution < 1.29 is 14.3 Å². The van der Waals surface area contributed by atoms with Gasteiger partial charge in [-0.15, -0.1) is 0 Å². The van der Waals surface area contributed by atoms with Crippen molar-refractivity contribution >= 4 is 107 Å². The van der Waals surface area contributed by atoms with Crippen molar-refractivity contribution in [3.63, 3.8) is 0 Å². The largest absolute Gasteiger partial charge is 0.486 e. The van der Waals surface area contributed by atoms with E-state index in [1.54, 1.807) is 54.6 Å². The summed E-state index contributed by atoms with van der Waals surface area (Å²) >= 11 is 32.1. The van der Waals surface area contributed by atoms with Crippen molar-refractivity contribution in [3.8, 4) is 5.75 Å². The van der Waals surface area contributed by atoms with Gasteiger partial charge in [0.15, 0.2) is 0 Å². The maximum atomic E-state index is 12.9. The Bertz CT molecular complexity index is 1360. The maximum absolute atomic E-state index is 12.9. The van der Waals surface area contributed by atoms with Crippen LogP contribution in [0.2, 0.25) is 20.1 Å². The minimum atomic E-state index is -0.379. The van der Waals surface area contributed by atoms with Gasteiger partial charge in [-0.05, 0) is 97.2 Å². The van der Waals surface area contributed by atoms with Crippen LogP contribution in [0.25, 0.3) is 6.08 Å². The standard InChI is InChI=1S/C24H13Br2Cl4NO3S/c25-16-5-13(6-17(26)22(16)34-11-14-2-3-15(27)9-19(14)29)8-21-23(32)31(24(33)35-21)10-12-1-4-18(28)20(30)7-12/h1-9H,10-11H2/b21-8+. The van der Waals surface area contributed by atoms with E-state index in [0.29, 0.717) is 50.8 Å². The van der Waals surface area contributed by atoms with Crippen LogP contribution in [-0.2, 0) is 17.9 Å². The smallest absolute Gasteiger partial charge is 0.293 e. The molecule has 4 nitrogen and oxygen atoms in total. The highest BCUT2D eigenvalue weighted by Gasteiger charge is 2.35. The van der Waals surface area contributed by atoms with Gasteiger partial charge in [0, 0.05) is 15.6 Å². The lowest BCUT2D eigenvalue weighted by molar-refractivity contribution is -0.123. The molecule has 3 aromatic rings. The first-order chi connectivity index (χ1) is 16.6. The van der Waals surface area contributed by atoms with Crippen LogP contribution in [0.3, 0.4) is 0 Å². The number of thioether (sulfide) groups is 1. The Labute approximate surface area is 242 Å². The second-order valence-electron chi connectivity index (χ2n) is 7.35. The predicted octanol–water partition coefficient (Wildman–Crippen LogP) is 9.64. The Kier molecular flexibility index (Phi) is 8.80. The van der Waals surface area contributed by atoms with E-state index in [0.717, 1.165) is 17.3 Å². The number of ether oxygens (including phenoxy) is 1. The van der Waals surface area contributed by atoms with Crippen molar-refractivity contribution in [1.82, 2.24) is 4.90 Å². The lowest BCUT2D eigenvalue weighted by atomic mass is 10.2. The molecule has 3 aromatic carbocycles. The fourth-order valence-electron chi connectivity index (χ4n) is 3.20. The van der Waals surface area contributed by atoms with E-state index in [9.17, 15) is 9.59 Å². The van der Waals surface area contributed by atoms with Crippen molar-refractivity contribution in [1.29, 1.82) is 0 Å². The molecule has 0 atom stereocenters. The summed E-state index contributed by atoms with van der Waals surface area (Å²) < 4.78 is 7.27. The fraction of sp³-hybridized carbons (Fsp3) is 0.0833. The molecule has 1 heterocycles. The number of halogens is 6. The van der Waals surface area contributed by atoms with Gasteiger partial charge >= 0.3 is 0 Å². The average Bonchev–Trinajstić information content (AvgIpc) is 3.04. The van der Waals surface area contributed by atoms with E-state index in [-0.39, 0.29) is 24.3 Å². The fourth-order valence-corrected chi connectivity index (χ4v) is 6.27. The van der Waals surface area contributed by atoms with E-state index in [4.69, 9.17) is 51.1 Å². The molecule has 180 valence electrons. The first-order valence-electron chi connectivity index (χ1n) is 9.87. The predicted molar refractivity (Wildman–Crippen MR) is 151 cm³/mol. The number of hydrogen-bond acceptors (Lipinski definition) is 4. The number of benzene rings is 3. The molecule has 0 N–H and O–H groups in total. The first kappa shape index (κ1) is 26.9. The molecule has 0 unspecified atom stereocenters. The molecule has 0 aliphatic carbocycles. The van der Waals surface area contributed by atoms with E-state index < -0.39 is 0 Å². The quantitative estimate of drug-likeness (QED) is 0.241. The molecule has 0 bridgehead atoms. The lowest BCUT2D eigenvalue weighted by Crippen LogP contribution is -2.27. The molecule has 0 saturated carbocycles. The number of imide groups is 1. The summed E-state index contributed by atoms with van der Waals surface area (Å²) in [4.78, 5) is 26.9. The van der Waals surface area contributed by atoms with Crippen LogP contribution in [-0.4, -0.2) is 16.0 Å². The van der Waals surface area contributed by atoms with Gasteiger partial charge in [0.1, 0.15) is 12.4 Å². The summed E-state index contributed by atoms with van der Waals surface area (Å²) in [5, 5.41) is 1.47. The van der Waals surface area contributed by atoms with E-state index in [1.807, 2.05) is 0 Å². The van der Waals surface area contributed by atoms with E-state index in [1.165, 1.54) is 4.90 Å². The average molecular weight is 697 g/mol. The Morgan fingerprint density at radius 3 is 2.26 bits per heavy atom. The van der Waals surface area contributed by atoms with Gasteiger partial charge in [-0.2, -0.15) is 0 Å². The number of hydrogen-bond donors (Lipinski definition) is 0. The third kappa shape index (κ3) is 6.39. The molecule has 1 saturated heterocycles. The van der Waals surface area contributed by atoms with Gasteiger partial charge in [0.05, 0.1) is 30.4 Å². The summed E-state index contributed by atoms with van der Waals surface area (Å²) in [6.07, 6.45) is 1.66. The third-order valence-electron chi connectivity index (χ3n) is 4.90. The number of nitrogens with zero attached hydrogens (tertiary/aromatic N) is 1. The highest BCUT2D eigenvalue weighted by Crippen LogP contribution is 2.39. The Hall–Kier alpha value is -1.19. The van der Waals surface area contributed by atoms with Crippen LogP contribution >= 0.6 is 90.0 Å². The van der Waals surface area contributed by atoms with Gasteiger partial charge in [-0.3, -0.25) is 14.5 Å². The number of carbonyl (C=O) groups excluding carboxylic acids is 2. The van der Waals surface area contributed by atoms with Crippen LogP contribution in [0.4, 0.5) is 4.79 Å². The zero-order chi connectivity index (χ0) is 25.3. The summed E-state index contributed by atoms with van der Waals surface area (Å²) in [5.74, 6) is 0.192. The van der Waals surface area contributed by atoms with Crippen molar-refractivity contribution in [2.75, 3.05) is 0 Å². The summed E-state index contributed by atoms with van der Waals surface area (Å²) in [5.41, 5.74) is 2.20. The van der Waals surface area contributed by atoms with E-state index in [2.05, 4.69) is 31.9 Å². The van der Waals surface area contributed by atoms with Crippen molar-refractivity contribution in [2.45, 2.75) is 13.2 Å². The van der Waals surface area contributed by atoms with Gasteiger partial charge < -0.3 is 4.74 Å². The van der Waals surface area contributed by atoms with Crippen molar-refractivity contribution in [3.05, 3.63) is 99.2 Å². The van der Waals surface area contributed by atoms with Gasteiger partial charge in [0.2, 0.25) is 0 Å². The molecule has 11 heteroatoms. The van der Waals surface area contributed by atoms with Crippen molar-refractivity contribution in [2.24, 2.45) is 0 Å². The Balaban J connectivity index is 1.50. The topological polar surface area (TPSA) is 46.6 Å². The first-order valence-corrected chi connectivity index (χ1v) is 13.8. The Morgan fingerprint density at radius 1 is 0.886 bits per heavy atom. The summed E-state index contributed by atoms with van der Waals surface area (Å²) in [7, 11) is 0. The number of carbonyl (C=O) groups is 2. The molecule has 35 heavy (non-hydrogen) atoms. The normalized spacial score (nSPS) is 14.8. The third-order valence-corrected chi connectivity index (χ3v) is 8.32. The van der Waals surface area contributed by atoms with Gasteiger partial charge in [0.25, 0.3) is 11.1 Å². The van der Waals surface area contributed by atoms with Crippen LogP contribution in [0.1, 0.15) is 16.7 Å². The molecule has 4 rings (SSSR count). The SMILES string of the molecule is O=C1S/C(=C/c2cc(Br)c(OCc3ccc(Cl)cc3Cl)c(Br)c2)C(=O)N1Cc1ccc(Cl)c(Cl)c1. The monoisotopic (exact) mass is 693 g/mol. The molecular weight excluding hydrogens is 684 g/mol. The van der Waals surface area contributed by atoms with Crippen LogP contribution < -0.4 is 4.74 Å². The lowest BCUT2D eigenvalue weighted by Gasteiger charge is -2.13. The zero-order valence-corrected chi connectivity index (χ0v) is 24.5. The maximum Gasteiger partial charge on any atom is 0.293 e.